The summed E-state index contributed by atoms with van der Waals surface area (Å²) in [6, 6.07) is 1.71. The van der Waals surface area contributed by atoms with Crippen molar-refractivity contribution in [3.05, 3.63) is 34.7 Å². The molecule has 0 amide bonds. The van der Waals surface area contributed by atoms with E-state index in [4.69, 9.17) is 11.6 Å². The number of hydrogen-bond donors (Lipinski definition) is 0. The molecule has 0 aliphatic carbocycles. The fourth-order valence-corrected chi connectivity index (χ4v) is 1.77. The highest BCUT2D eigenvalue weighted by atomic mass is 35.5. The van der Waals surface area contributed by atoms with E-state index in [1.165, 1.54) is 17.1 Å². The smallest absolute Gasteiger partial charge is 0.267 e. The minimum atomic E-state index is -2.56. The van der Waals surface area contributed by atoms with Crippen LogP contribution in [0.15, 0.2) is 18.5 Å². The second kappa shape index (κ2) is 5.02. The van der Waals surface area contributed by atoms with Gasteiger partial charge < -0.3 is 0 Å². The average molecular weight is 272 g/mol. The number of aryl methyl sites for hydroxylation is 2. The fraction of sp³-hybridized carbons (Fsp3) is 0.333. The van der Waals surface area contributed by atoms with Gasteiger partial charge in [0.2, 0.25) is 0 Å². The number of alkyl halides is 2. The summed E-state index contributed by atoms with van der Waals surface area (Å²) in [7, 11) is 0. The number of aromatic nitrogens is 3. The second-order valence-corrected chi connectivity index (χ2v) is 4.28. The molecular formula is C12H12ClF2N3. The molecule has 0 radical (unpaired) electrons. The summed E-state index contributed by atoms with van der Waals surface area (Å²) >= 11 is 5.82. The molecule has 6 heteroatoms. The Morgan fingerprint density at radius 2 is 2.17 bits per heavy atom. The van der Waals surface area contributed by atoms with Crippen molar-refractivity contribution in [1.29, 1.82) is 0 Å². The van der Waals surface area contributed by atoms with E-state index >= 15 is 0 Å². The topological polar surface area (TPSA) is 30.7 Å². The molecule has 96 valence electrons. The largest absolute Gasteiger partial charge is 0.272 e. The van der Waals surface area contributed by atoms with Crippen molar-refractivity contribution >= 4 is 11.6 Å². The third kappa shape index (κ3) is 2.36. The summed E-state index contributed by atoms with van der Waals surface area (Å²) < 4.78 is 27.4. The van der Waals surface area contributed by atoms with E-state index in [-0.39, 0.29) is 11.3 Å². The SMILES string of the molecule is CCn1cc(C(F)F)c(-c2cnc(Cl)c(C)c2)n1. The van der Waals surface area contributed by atoms with Gasteiger partial charge in [0.15, 0.2) is 0 Å². The monoisotopic (exact) mass is 271 g/mol. The van der Waals surface area contributed by atoms with Gasteiger partial charge in [0.25, 0.3) is 6.43 Å². The Balaban J connectivity index is 2.54. The molecule has 0 atom stereocenters. The molecule has 3 nitrogen and oxygen atoms in total. The van der Waals surface area contributed by atoms with Gasteiger partial charge in [0.05, 0.1) is 5.56 Å². The predicted octanol–water partition coefficient (Wildman–Crippen LogP) is 3.86. The van der Waals surface area contributed by atoms with E-state index in [0.29, 0.717) is 17.3 Å². The molecule has 0 aliphatic rings. The van der Waals surface area contributed by atoms with Crippen LogP contribution in [0.4, 0.5) is 8.78 Å². The molecule has 0 unspecified atom stereocenters. The number of rotatable bonds is 3. The molecule has 0 saturated heterocycles. The summed E-state index contributed by atoms with van der Waals surface area (Å²) in [6.45, 7) is 4.16. The third-order valence-electron chi connectivity index (χ3n) is 2.64. The van der Waals surface area contributed by atoms with Gasteiger partial charge >= 0.3 is 0 Å². The van der Waals surface area contributed by atoms with Crippen LogP contribution in [0.5, 0.6) is 0 Å². The molecule has 0 saturated carbocycles. The molecule has 0 N–H and O–H groups in total. The van der Waals surface area contributed by atoms with E-state index in [1.54, 1.807) is 13.0 Å². The molecular weight excluding hydrogens is 260 g/mol. The van der Waals surface area contributed by atoms with Crippen LogP contribution in [-0.2, 0) is 6.54 Å². The minimum Gasteiger partial charge on any atom is -0.272 e. The van der Waals surface area contributed by atoms with Gasteiger partial charge in [-0.1, -0.05) is 11.6 Å². The maximum absolute atomic E-state index is 12.9. The van der Waals surface area contributed by atoms with Gasteiger partial charge in [-0.05, 0) is 25.5 Å². The Morgan fingerprint density at radius 1 is 1.44 bits per heavy atom. The highest BCUT2D eigenvalue weighted by Gasteiger charge is 2.19. The first-order chi connectivity index (χ1) is 8.52. The second-order valence-electron chi connectivity index (χ2n) is 3.92. The zero-order valence-electron chi connectivity index (χ0n) is 9.99. The standard InChI is InChI=1S/C12H12ClF2N3/c1-3-18-6-9(12(14)15)10(17-18)8-4-7(2)11(13)16-5-8/h4-6,12H,3H2,1-2H3. The van der Waals surface area contributed by atoms with Crippen LogP contribution in [0, 0.1) is 6.92 Å². The molecule has 0 fully saturated rings. The maximum Gasteiger partial charge on any atom is 0.267 e. The van der Waals surface area contributed by atoms with Gasteiger partial charge in [0.1, 0.15) is 10.8 Å². The lowest BCUT2D eigenvalue weighted by Crippen LogP contribution is -1.94. The molecule has 18 heavy (non-hydrogen) atoms. The first-order valence-corrected chi connectivity index (χ1v) is 5.88. The summed E-state index contributed by atoms with van der Waals surface area (Å²) in [4.78, 5) is 3.96. The third-order valence-corrected chi connectivity index (χ3v) is 3.03. The maximum atomic E-state index is 12.9. The van der Waals surface area contributed by atoms with Gasteiger partial charge in [-0.3, -0.25) is 4.68 Å². The Hall–Kier alpha value is -1.49. The molecule has 0 spiro atoms. The highest BCUT2D eigenvalue weighted by molar-refractivity contribution is 6.30. The highest BCUT2D eigenvalue weighted by Crippen LogP contribution is 2.30. The van der Waals surface area contributed by atoms with Gasteiger partial charge in [-0.2, -0.15) is 5.10 Å². The molecule has 2 rings (SSSR count). The van der Waals surface area contributed by atoms with Crippen molar-refractivity contribution in [1.82, 2.24) is 14.8 Å². The van der Waals surface area contributed by atoms with Gasteiger partial charge in [-0.25, -0.2) is 13.8 Å². The van der Waals surface area contributed by atoms with E-state index in [0.717, 1.165) is 5.56 Å². The molecule has 2 heterocycles. The van der Waals surface area contributed by atoms with E-state index in [2.05, 4.69) is 10.1 Å². The zero-order chi connectivity index (χ0) is 13.3. The number of pyridine rings is 1. The van der Waals surface area contributed by atoms with Crippen LogP contribution in [0.25, 0.3) is 11.3 Å². The summed E-state index contributed by atoms with van der Waals surface area (Å²) in [5, 5.41) is 4.51. The number of nitrogens with zero attached hydrogens (tertiary/aromatic N) is 3. The van der Waals surface area contributed by atoms with Gasteiger partial charge in [-0.15, -0.1) is 0 Å². The van der Waals surface area contributed by atoms with Crippen LogP contribution >= 0.6 is 11.6 Å². The molecule has 2 aromatic heterocycles. The van der Waals surface area contributed by atoms with Crippen LogP contribution in [0.2, 0.25) is 5.15 Å². The first kappa shape index (κ1) is 13.0. The first-order valence-electron chi connectivity index (χ1n) is 5.51. The lowest BCUT2D eigenvalue weighted by atomic mass is 10.1. The lowest BCUT2D eigenvalue weighted by molar-refractivity contribution is 0.152. The normalized spacial score (nSPS) is 11.2. The molecule has 0 bridgehead atoms. The van der Waals surface area contributed by atoms with Crippen LogP contribution in [0.1, 0.15) is 24.5 Å². The molecule has 0 aromatic carbocycles. The van der Waals surface area contributed by atoms with Crippen molar-refractivity contribution < 1.29 is 8.78 Å². The average Bonchev–Trinajstić information content (AvgIpc) is 2.77. The van der Waals surface area contributed by atoms with Gasteiger partial charge in [0, 0.05) is 24.5 Å². The summed E-state index contributed by atoms with van der Waals surface area (Å²) in [5.41, 5.74) is 1.47. The Labute approximate surface area is 108 Å². The Morgan fingerprint density at radius 3 is 2.72 bits per heavy atom. The zero-order valence-corrected chi connectivity index (χ0v) is 10.7. The van der Waals surface area contributed by atoms with Crippen molar-refractivity contribution in [3.8, 4) is 11.3 Å². The molecule has 2 aromatic rings. The summed E-state index contributed by atoms with van der Waals surface area (Å²) in [5.74, 6) is 0. The van der Waals surface area contributed by atoms with Crippen molar-refractivity contribution in [2.75, 3.05) is 0 Å². The number of hydrogen-bond acceptors (Lipinski definition) is 2. The number of halogens is 3. The van der Waals surface area contributed by atoms with E-state index < -0.39 is 6.43 Å². The Bertz CT molecular complexity index is 566. The van der Waals surface area contributed by atoms with Crippen molar-refractivity contribution in [2.45, 2.75) is 26.8 Å². The summed E-state index contributed by atoms with van der Waals surface area (Å²) in [6.07, 6.45) is 0.268. The molecule has 0 aliphatic heterocycles. The van der Waals surface area contributed by atoms with Crippen molar-refractivity contribution in [3.63, 3.8) is 0 Å². The van der Waals surface area contributed by atoms with Crippen LogP contribution < -0.4 is 0 Å². The Kier molecular flexibility index (Phi) is 3.61. The van der Waals surface area contributed by atoms with E-state index in [1.807, 2.05) is 6.92 Å². The lowest BCUT2D eigenvalue weighted by Gasteiger charge is -2.03. The van der Waals surface area contributed by atoms with Crippen LogP contribution in [-0.4, -0.2) is 14.8 Å². The van der Waals surface area contributed by atoms with Crippen molar-refractivity contribution in [2.24, 2.45) is 0 Å². The fourth-order valence-electron chi connectivity index (χ4n) is 1.67. The van der Waals surface area contributed by atoms with Crippen LogP contribution in [0.3, 0.4) is 0 Å². The predicted molar refractivity (Wildman–Crippen MR) is 65.8 cm³/mol. The van der Waals surface area contributed by atoms with E-state index in [9.17, 15) is 8.78 Å². The minimum absolute atomic E-state index is 0.0830. The quantitative estimate of drug-likeness (QED) is 0.794.